The van der Waals surface area contributed by atoms with Crippen molar-refractivity contribution in [3.63, 3.8) is 0 Å². The summed E-state index contributed by atoms with van der Waals surface area (Å²) in [4.78, 5) is 4.79. The molecule has 0 radical (unpaired) electrons. The number of hydrogen-bond donors (Lipinski definition) is 2. The molecule has 1 heterocycles. The summed E-state index contributed by atoms with van der Waals surface area (Å²) in [5.41, 5.74) is 2.24. The minimum Gasteiger partial charge on any atom is -0.497 e. The Labute approximate surface area is 184 Å². The highest BCUT2D eigenvalue weighted by Gasteiger charge is 2.21. The van der Waals surface area contributed by atoms with Crippen LogP contribution in [-0.2, 0) is 25.6 Å². The maximum Gasteiger partial charge on any atom is 0.192 e. The average Bonchev–Trinajstić information content (AvgIpc) is 3.11. The third-order valence-electron chi connectivity index (χ3n) is 5.41. The lowest BCUT2D eigenvalue weighted by Gasteiger charge is -2.27. The molecule has 7 nitrogen and oxygen atoms in total. The summed E-state index contributed by atoms with van der Waals surface area (Å²) in [6, 6.07) is 18.4. The molecule has 0 bridgehead atoms. The molecule has 0 aliphatic rings. The van der Waals surface area contributed by atoms with Crippen LogP contribution in [0, 0.1) is 6.92 Å². The molecular formula is C24H32N6O. The Hall–Kier alpha value is -3.35. The zero-order chi connectivity index (χ0) is 22.3. The second-order valence-electron chi connectivity index (χ2n) is 8.20. The van der Waals surface area contributed by atoms with E-state index in [1.807, 2.05) is 48.9 Å². The molecule has 2 aromatic carbocycles. The van der Waals surface area contributed by atoms with Crippen LogP contribution in [0.1, 0.15) is 36.6 Å². The minimum absolute atomic E-state index is 0.120. The lowest BCUT2D eigenvalue weighted by atomic mass is 9.84. The second kappa shape index (κ2) is 10.1. The Bertz CT molecular complexity index is 1010. The quantitative estimate of drug-likeness (QED) is 0.432. The Kier molecular flexibility index (Phi) is 7.28. The number of benzene rings is 2. The van der Waals surface area contributed by atoms with Crippen molar-refractivity contribution < 1.29 is 4.74 Å². The highest BCUT2D eigenvalue weighted by molar-refractivity contribution is 5.79. The van der Waals surface area contributed by atoms with Crippen LogP contribution in [0.2, 0.25) is 0 Å². The molecule has 2 N–H and O–H groups in total. The molecule has 164 valence electrons. The minimum atomic E-state index is -0.120. The van der Waals surface area contributed by atoms with E-state index < -0.39 is 0 Å². The SMILES string of the molecule is COc1cccc(C(C)(C)CNC(=NCc2ccccc2)NCc2nnc(C)n2C)c1. The van der Waals surface area contributed by atoms with Crippen molar-refractivity contribution in [3.8, 4) is 5.75 Å². The number of hydrogen-bond acceptors (Lipinski definition) is 4. The lowest BCUT2D eigenvalue weighted by Crippen LogP contribution is -2.43. The fourth-order valence-electron chi connectivity index (χ4n) is 3.15. The predicted octanol–water partition coefficient (Wildman–Crippen LogP) is 3.35. The zero-order valence-electron chi connectivity index (χ0n) is 19.0. The third-order valence-corrected chi connectivity index (χ3v) is 5.41. The molecule has 0 fully saturated rings. The number of aliphatic imine (C=N–C) groups is 1. The van der Waals surface area contributed by atoms with Crippen LogP contribution in [0.5, 0.6) is 5.75 Å². The molecule has 1 aromatic heterocycles. The summed E-state index contributed by atoms with van der Waals surface area (Å²) in [6.07, 6.45) is 0. The number of aromatic nitrogens is 3. The van der Waals surface area contributed by atoms with E-state index in [1.165, 1.54) is 5.56 Å². The van der Waals surface area contributed by atoms with Gasteiger partial charge in [-0.15, -0.1) is 10.2 Å². The van der Waals surface area contributed by atoms with Crippen molar-refractivity contribution in [2.45, 2.75) is 39.3 Å². The van der Waals surface area contributed by atoms with Gasteiger partial charge < -0.3 is 19.9 Å². The van der Waals surface area contributed by atoms with Crippen molar-refractivity contribution >= 4 is 5.96 Å². The van der Waals surface area contributed by atoms with Gasteiger partial charge in [0.25, 0.3) is 0 Å². The van der Waals surface area contributed by atoms with E-state index in [-0.39, 0.29) is 5.41 Å². The summed E-state index contributed by atoms with van der Waals surface area (Å²) in [6.45, 7) is 8.19. The number of nitrogens with zero attached hydrogens (tertiary/aromatic N) is 4. The molecule has 0 saturated heterocycles. The van der Waals surface area contributed by atoms with Gasteiger partial charge in [0.15, 0.2) is 11.8 Å². The molecule has 0 unspecified atom stereocenters. The molecule has 7 heteroatoms. The van der Waals surface area contributed by atoms with Crippen molar-refractivity contribution in [1.29, 1.82) is 0 Å². The Balaban J connectivity index is 1.72. The van der Waals surface area contributed by atoms with Gasteiger partial charge in [-0.05, 0) is 30.2 Å². The van der Waals surface area contributed by atoms with Crippen LogP contribution < -0.4 is 15.4 Å². The summed E-state index contributed by atoms with van der Waals surface area (Å²) in [5.74, 6) is 3.34. The number of nitrogens with one attached hydrogen (secondary N) is 2. The van der Waals surface area contributed by atoms with Crippen LogP contribution in [0.3, 0.4) is 0 Å². The summed E-state index contributed by atoms with van der Waals surface area (Å²) < 4.78 is 7.37. The van der Waals surface area contributed by atoms with Crippen LogP contribution in [0.4, 0.5) is 0 Å². The number of methoxy groups -OCH3 is 1. The van der Waals surface area contributed by atoms with Crippen LogP contribution >= 0.6 is 0 Å². The van der Waals surface area contributed by atoms with Gasteiger partial charge in [0.1, 0.15) is 11.6 Å². The fraction of sp³-hybridized carbons (Fsp3) is 0.375. The third kappa shape index (κ3) is 6.07. The van der Waals surface area contributed by atoms with Gasteiger partial charge in [-0.2, -0.15) is 0 Å². The molecule has 0 spiro atoms. The fourth-order valence-corrected chi connectivity index (χ4v) is 3.15. The van der Waals surface area contributed by atoms with E-state index in [0.717, 1.165) is 28.9 Å². The summed E-state index contributed by atoms with van der Waals surface area (Å²) in [5, 5.41) is 15.3. The van der Waals surface area contributed by atoms with Crippen LogP contribution in [0.25, 0.3) is 0 Å². The average molecular weight is 421 g/mol. The van der Waals surface area contributed by atoms with Crippen molar-refractivity contribution in [3.05, 3.63) is 77.4 Å². The molecule has 0 aliphatic heterocycles. The highest BCUT2D eigenvalue weighted by Crippen LogP contribution is 2.25. The second-order valence-corrected chi connectivity index (χ2v) is 8.20. The van der Waals surface area contributed by atoms with Gasteiger partial charge in [0.2, 0.25) is 0 Å². The molecule has 0 atom stereocenters. The van der Waals surface area contributed by atoms with E-state index in [2.05, 4.69) is 58.9 Å². The van der Waals surface area contributed by atoms with Crippen LogP contribution in [-0.4, -0.2) is 34.4 Å². The van der Waals surface area contributed by atoms with Gasteiger partial charge in [-0.3, -0.25) is 0 Å². The van der Waals surface area contributed by atoms with E-state index >= 15 is 0 Å². The molecule has 3 aromatic rings. The van der Waals surface area contributed by atoms with Crippen molar-refractivity contribution in [2.24, 2.45) is 12.0 Å². The lowest BCUT2D eigenvalue weighted by molar-refractivity contribution is 0.411. The van der Waals surface area contributed by atoms with E-state index in [1.54, 1.807) is 7.11 Å². The van der Waals surface area contributed by atoms with Gasteiger partial charge in [-0.25, -0.2) is 4.99 Å². The molecule has 3 rings (SSSR count). The number of ether oxygens (including phenoxy) is 1. The first-order chi connectivity index (χ1) is 14.9. The molecule has 0 saturated carbocycles. The monoisotopic (exact) mass is 420 g/mol. The Morgan fingerprint density at radius 1 is 1.06 bits per heavy atom. The van der Waals surface area contributed by atoms with E-state index in [9.17, 15) is 0 Å². The van der Waals surface area contributed by atoms with E-state index in [0.29, 0.717) is 19.6 Å². The van der Waals surface area contributed by atoms with Crippen LogP contribution in [0.15, 0.2) is 59.6 Å². The maximum absolute atomic E-state index is 5.39. The molecule has 0 amide bonds. The van der Waals surface area contributed by atoms with Gasteiger partial charge in [0, 0.05) is 19.0 Å². The first kappa shape index (κ1) is 22.3. The molecule has 31 heavy (non-hydrogen) atoms. The number of rotatable bonds is 8. The number of guanidine groups is 1. The maximum atomic E-state index is 5.39. The van der Waals surface area contributed by atoms with Crippen molar-refractivity contribution in [2.75, 3.05) is 13.7 Å². The smallest absolute Gasteiger partial charge is 0.192 e. The summed E-state index contributed by atoms with van der Waals surface area (Å²) >= 11 is 0. The standard InChI is InChI=1S/C24H32N6O/c1-18-28-29-22(30(18)4)16-26-23(25-15-19-10-7-6-8-11-19)27-17-24(2,3)20-12-9-13-21(14-20)31-5/h6-14H,15-17H2,1-5H3,(H2,25,26,27). The van der Waals surface area contributed by atoms with Gasteiger partial charge >= 0.3 is 0 Å². The Morgan fingerprint density at radius 3 is 2.52 bits per heavy atom. The first-order valence-electron chi connectivity index (χ1n) is 10.4. The number of aryl methyl sites for hydroxylation is 1. The zero-order valence-corrected chi connectivity index (χ0v) is 19.0. The molecular weight excluding hydrogens is 388 g/mol. The van der Waals surface area contributed by atoms with Gasteiger partial charge in [0.05, 0.1) is 20.2 Å². The van der Waals surface area contributed by atoms with Gasteiger partial charge in [-0.1, -0.05) is 56.3 Å². The predicted molar refractivity (Wildman–Crippen MR) is 124 cm³/mol. The van der Waals surface area contributed by atoms with Crippen molar-refractivity contribution in [1.82, 2.24) is 25.4 Å². The largest absolute Gasteiger partial charge is 0.497 e. The first-order valence-corrected chi connectivity index (χ1v) is 10.4. The van der Waals surface area contributed by atoms with E-state index in [4.69, 9.17) is 9.73 Å². The normalized spacial score (nSPS) is 12.0. The Morgan fingerprint density at radius 2 is 1.84 bits per heavy atom. The topological polar surface area (TPSA) is 76.4 Å². The molecule has 0 aliphatic carbocycles. The highest BCUT2D eigenvalue weighted by atomic mass is 16.5. The summed E-state index contributed by atoms with van der Waals surface area (Å²) in [7, 11) is 3.66.